The molecule has 0 fully saturated rings. The van der Waals surface area contributed by atoms with Crippen LogP contribution in [0.2, 0.25) is 0 Å². The van der Waals surface area contributed by atoms with Crippen LogP contribution < -0.4 is 10.6 Å². The van der Waals surface area contributed by atoms with Crippen molar-refractivity contribution in [1.82, 2.24) is 36.2 Å². The second kappa shape index (κ2) is 10.5. The number of tetrazole rings is 1. The van der Waals surface area contributed by atoms with Gasteiger partial charge in [-0.3, -0.25) is 9.59 Å². The fraction of sp³-hybridized carbons (Fsp3) is 0.250. The molecule has 0 aliphatic rings. The molecular formula is C24H26N7O2. The van der Waals surface area contributed by atoms with Gasteiger partial charge in [0.15, 0.2) is 0 Å². The maximum Gasteiger partial charge on any atom is 0.227 e. The van der Waals surface area contributed by atoms with Crippen LogP contribution in [0, 0.1) is 5.92 Å². The number of carbonyl (C=O) groups is 2. The van der Waals surface area contributed by atoms with E-state index in [9.17, 15) is 9.59 Å². The molecule has 4 aromatic rings. The maximum atomic E-state index is 12.8. The molecule has 0 aliphatic carbocycles. The molecule has 0 saturated carbocycles. The molecule has 1 unspecified atom stereocenters. The molecule has 169 valence electrons. The van der Waals surface area contributed by atoms with Crippen molar-refractivity contribution in [2.24, 2.45) is 0 Å². The van der Waals surface area contributed by atoms with Gasteiger partial charge in [-0.2, -0.15) is 0 Å². The number of aromatic amines is 2. The van der Waals surface area contributed by atoms with E-state index in [1.807, 2.05) is 67.7 Å². The van der Waals surface area contributed by atoms with E-state index >= 15 is 0 Å². The minimum absolute atomic E-state index is 0.136. The Balaban J connectivity index is 1.35. The van der Waals surface area contributed by atoms with Gasteiger partial charge in [0.05, 0.1) is 12.0 Å². The lowest BCUT2D eigenvalue weighted by atomic mass is 9.99. The molecule has 2 aromatic heterocycles. The highest BCUT2D eigenvalue weighted by molar-refractivity contribution is 5.91. The number of carbonyl (C=O) groups excluding carboxylic acids is 2. The summed E-state index contributed by atoms with van der Waals surface area (Å²) in [5.74, 6) is 0.977. The summed E-state index contributed by atoms with van der Waals surface area (Å²) in [6.07, 6.45) is 3.13. The standard InChI is InChI=1S/C24H26N7O2/c1-16(13-18-14-25-20-10-6-5-9-19(18)20)24(33)26-15-21(17-7-3-2-4-8-17)27-23(32)12-11-22-28-30-31-29-22/h2-10,14,21,25H,11-13,15H2,1H3,(H,26,33)(H,27,32)(H,28,29,30,31). The van der Waals surface area contributed by atoms with Crippen molar-refractivity contribution in [2.45, 2.75) is 32.2 Å². The molecule has 1 radical (unpaired) electrons. The minimum atomic E-state index is -0.351. The van der Waals surface area contributed by atoms with Crippen molar-refractivity contribution < 1.29 is 9.59 Å². The molecule has 33 heavy (non-hydrogen) atoms. The Morgan fingerprint density at radius 1 is 1.06 bits per heavy atom. The Morgan fingerprint density at radius 3 is 2.64 bits per heavy atom. The summed E-state index contributed by atoms with van der Waals surface area (Å²) in [5, 5.41) is 20.6. The molecule has 2 amide bonds. The van der Waals surface area contributed by atoms with Gasteiger partial charge < -0.3 is 15.6 Å². The van der Waals surface area contributed by atoms with Crippen molar-refractivity contribution in [3.8, 4) is 0 Å². The third-order valence-corrected chi connectivity index (χ3v) is 5.50. The largest absolute Gasteiger partial charge is 0.361 e. The number of aromatic nitrogens is 5. The van der Waals surface area contributed by atoms with Crippen LogP contribution in [0.1, 0.15) is 36.3 Å². The highest BCUT2D eigenvalue weighted by Gasteiger charge is 2.20. The number of hydrogen-bond acceptors (Lipinski definition) is 5. The van der Waals surface area contributed by atoms with E-state index in [0.717, 1.165) is 22.0 Å². The second-order valence-corrected chi connectivity index (χ2v) is 7.91. The zero-order valence-corrected chi connectivity index (χ0v) is 18.3. The summed E-state index contributed by atoms with van der Waals surface area (Å²) < 4.78 is 0. The van der Waals surface area contributed by atoms with Crippen LogP contribution in [-0.4, -0.2) is 44.0 Å². The first kappa shape index (κ1) is 22.2. The zero-order chi connectivity index (χ0) is 23.0. The van der Waals surface area contributed by atoms with Crippen molar-refractivity contribution >= 4 is 22.7 Å². The predicted molar refractivity (Wildman–Crippen MR) is 124 cm³/mol. The molecule has 4 rings (SSSR count). The average molecular weight is 445 g/mol. The van der Waals surface area contributed by atoms with Crippen LogP contribution in [0.5, 0.6) is 0 Å². The minimum Gasteiger partial charge on any atom is -0.361 e. The number of benzene rings is 2. The molecule has 4 N–H and O–H groups in total. The van der Waals surface area contributed by atoms with Gasteiger partial charge in [0.2, 0.25) is 11.8 Å². The SMILES string of the molecule is C[C](Cc1c[nH]c2ccccc12)C(=O)NCC(NC(=O)CCc1nnn[nH]1)c1ccccc1. The summed E-state index contributed by atoms with van der Waals surface area (Å²) in [6.45, 7) is 2.11. The Morgan fingerprint density at radius 2 is 1.85 bits per heavy atom. The number of H-pyrrole nitrogens is 2. The number of amides is 2. The van der Waals surface area contributed by atoms with Gasteiger partial charge in [0, 0.05) is 36.5 Å². The lowest BCUT2D eigenvalue weighted by molar-refractivity contribution is -0.123. The first-order valence-corrected chi connectivity index (χ1v) is 10.8. The van der Waals surface area contributed by atoms with Gasteiger partial charge >= 0.3 is 0 Å². The van der Waals surface area contributed by atoms with Crippen LogP contribution in [0.15, 0.2) is 60.8 Å². The Hall–Kier alpha value is -4.01. The number of hydrogen-bond donors (Lipinski definition) is 4. The van der Waals surface area contributed by atoms with Gasteiger partial charge in [0.1, 0.15) is 5.82 Å². The van der Waals surface area contributed by atoms with Crippen LogP contribution in [0.3, 0.4) is 0 Å². The van der Waals surface area contributed by atoms with Crippen molar-refractivity contribution in [1.29, 1.82) is 0 Å². The lowest BCUT2D eigenvalue weighted by Gasteiger charge is -2.21. The Bertz CT molecular complexity index is 1190. The van der Waals surface area contributed by atoms with E-state index in [4.69, 9.17) is 0 Å². The topological polar surface area (TPSA) is 128 Å². The highest BCUT2D eigenvalue weighted by Crippen LogP contribution is 2.21. The normalized spacial score (nSPS) is 12.1. The van der Waals surface area contributed by atoms with Gasteiger partial charge in [-0.15, -0.1) is 5.10 Å². The monoisotopic (exact) mass is 444 g/mol. The first-order chi connectivity index (χ1) is 16.1. The summed E-state index contributed by atoms with van der Waals surface area (Å²) in [4.78, 5) is 28.6. The summed E-state index contributed by atoms with van der Waals surface area (Å²) >= 11 is 0. The fourth-order valence-electron chi connectivity index (χ4n) is 3.71. The quantitative estimate of drug-likeness (QED) is 0.299. The lowest BCUT2D eigenvalue weighted by Crippen LogP contribution is -2.39. The average Bonchev–Trinajstić information content (AvgIpc) is 3.51. The molecule has 0 bridgehead atoms. The van der Waals surface area contributed by atoms with E-state index in [0.29, 0.717) is 24.6 Å². The first-order valence-electron chi connectivity index (χ1n) is 10.8. The molecular weight excluding hydrogens is 418 g/mol. The van der Waals surface area contributed by atoms with Gasteiger partial charge in [0.25, 0.3) is 0 Å². The summed E-state index contributed by atoms with van der Waals surface area (Å²) in [6, 6.07) is 17.3. The van der Waals surface area contributed by atoms with Gasteiger partial charge in [-0.1, -0.05) is 48.5 Å². The van der Waals surface area contributed by atoms with E-state index in [1.165, 1.54) is 0 Å². The molecule has 2 heterocycles. The van der Waals surface area contributed by atoms with Crippen LogP contribution in [0.25, 0.3) is 10.9 Å². The van der Waals surface area contributed by atoms with E-state index in [1.54, 1.807) is 0 Å². The van der Waals surface area contributed by atoms with Gasteiger partial charge in [-0.05, 0) is 41.0 Å². The van der Waals surface area contributed by atoms with E-state index in [2.05, 4.69) is 36.2 Å². The van der Waals surface area contributed by atoms with Gasteiger partial charge in [-0.25, -0.2) is 5.10 Å². The van der Waals surface area contributed by atoms with E-state index < -0.39 is 0 Å². The Kier molecular flexibility index (Phi) is 7.09. The predicted octanol–water partition coefficient (Wildman–Crippen LogP) is 2.42. The summed E-state index contributed by atoms with van der Waals surface area (Å²) in [5.41, 5.74) is 3.04. The highest BCUT2D eigenvalue weighted by atomic mass is 16.2. The molecule has 1 atom stereocenters. The molecule has 2 aromatic carbocycles. The van der Waals surface area contributed by atoms with Crippen molar-refractivity contribution in [2.75, 3.05) is 6.54 Å². The van der Waals surface area contributed by atoms with Crippen molar-refractivity contribution in [3.05, 3.63) is 83.7 Å². The summed E-state index contributed by atoms with van der Waals surface area (Å²) in [7, 11) is 0. The molecule has 9 heteroatoms. The maximum absolute atomic E-state index is 12.8. The van der Waals surface area contributed by atoms with Crippen LogP contribution in [0.4, 0.5) is 0 Å². The number of aryl methyl sites for hydroxylation is 1. The van der Waals surface area contributed by atoms with Crippen molar-refractivity contribution in [3.63, 3.8) is 0 Å². The zero-order valence-electron chi connectivity index (χ0n) is 18.3. The van der Waals surface area contributed by atoms with Crippen LogP contribution in [-0.2, 0) is 22.4 Å². The molecule has 9 nitrogen and oxygen atoms in total. The molecule has 0 aliphatic heterocycles. The number of para-hydroxylation sites is 1. The number of fused-ring (bicyclic) bond motifs is 1. The third-order valence-electron chi connectivity index (χ3n) is 5.50. The van der Waals surface area contributed by atoms with Crippen LogP contribution >= 0.6 is 0 Å². The molecule has 0 spiro atoms. The number of rotatable bonds is 10. The Labute approximate surface area is 191 Å². The number of nitrogens with one attached hydrogen (secondary N) is 4. The van der Waals surface area contributed by atoms with E-state index in [-0.39, 0.29) is 30.8 Å². The smallest absolute Gasteiger partial charge is 0.227 e. The molecule has 0 saturated heterocycles. The third kappa shape index (κ3) is 5.82. The number of nitrogens with zero attached hydrogens (tertiary/aromatic N) is 3. The fourth-order valence-corrected chi connectivity index (χ4v) is 3.71. The second-order valence-electron chi connectivity index (χ2n) is 7.91.